The average Bonchev–Trinajstić information content (AvgIpc) is 2.37. The standard InChI is InChI=1S/C2H3N.9H3O4P/c1-2-3;9*1-5(2,3)4/h1H3;9*(H3,1,2,3,4). The van der Waals surface area contributed by atoms with Crippen molar-refractivity contribution < 1.29 is 173 Å². The Balaban J connectivity index is -0.0000000419. The zero-order chi connectivity index (χ0) is 43.2. The molecule has 0 aromatic rings. The Bertz CT molecular complexity index is 839. The Kier molecular flexibility index (Phi) is 51.2. The molecule has 0 bridgehead atoms. The Labute approximate surface area is 262 Å². The SMILES string of the molecule is CC#N.O=P(O)(O)O.O=P(O)(O)O.O=P(O)(O)O.O=P(O)(O)O.O=P(O)(O)O.O=P(O)(O)O.O=P(O)(O)O.O=P(O)(O)O.O=P(O)(O)O. The summed E-state index contributed by atoms with van der Waals surface area (Å²) in [4.78, 5) is 194. The molecule has 46 heteroatoms. The number of nitriles is 1. The maximum absolute atomic E-state index is 8.88. The number of rotatable bonds is 0. The van der Waals surface area contributed by atoms with Crippen molar-refractivity contribution in [2.24, 2.45) is 0 Å². The molecule has 48 heavy (non-hydrogen) atoms. The van der Waals surface area contributed by atoms with E-state index in [0.29, 0.717) is 0 Å². The van der Waals surface area contributed by atoms with Crippen LogP contribution in [0.1, 0.15) is 6.92 Å². The van der Waals surface area contributed by atoms with Gasteiger partial charge in [-0.1, -0.05) is 0 Å². The second kappa shape index (κ2) is 33.3. The van der Waals surface area contributed by atoms with Crippen LogP contribution in [0.15, 0.2) is 0 Å². The summed E-state index contributed by atoms with van der Waals surface area (Å²) in [6, 6.07) is 1.75. The zero-order valence-corrected chi connectivity index (χ0v) is 29.8. The lowest BCUT2D eigenvalue weighted by atomic mass is 11.0. The molecule has 0 unspecified atom stereocenters. The van der Waals surface area contributed by atoms with Crippen LogP contribution in [-0.2, 0) is 41.1 Å². The van der Waals surface area contributed by atoms with Crippen LogP contribution in [0.3, 0.4) is 0 Å². The minimum Gasteiger partial charge on any atom is -0.303 e. The van der Waals surface area contributed by atoms with E-state index in [9.17, 15) is 0 Å². The quantitative estimate of drug-likeness (QED) is 0.100. The largest absolute Gasteiger partial charge is 0.466 e. The summed E-state index contributed by atoms with van der Waals surface area (Å²) in [5.74, 6) is 0. The number of nitrogens with zero attached hydrogens (tertiary/aromatic N) is 1. The van der Waals surface area contributed by atoms with Gasteiger partial charge < -0.3 is 132 Å². The summed E-state index contributed by atoms with van der Waals surface area (Å²) in [5.41, 5.74) is 0. The molecule has 0 heterocycles. The van der Waals surface area contributed by atoms with Gasteiger partial charge in [0.05, 0.1) is 6.07 Å². The Morgan fingerprint density at radius 3 is 0.250 bits per heavy atom. The van der Waals surface area contributed by atoms with Gasteiger partial charge in [0.1, 0.15) is 0 Å². The van der Waals surface area contributed by atoms with Crippen molar-refractivity contribution in [2.75, 3.05) is 0 Å². The van der Waals surface area contributed by atoms with Gasteiger partial charge in [0, 0.05) is 6.92 Å². The summed E-state index contributed by atoms with van der Waals surface area (Å²) in [5, 5.41) is 7.32. The van der Waals surface area contributed by atoms with E-state index < -0.39 is 70.4 Å². The van der Waals surface area contributed by atoms with Crippen molar-refractivity contribution in [2.45, 2.75) is 6.92 Å². The molecular weight excluding hydrogens is 893 g/mol. The average molecular weight is 923 g/mol. The van der Waals surface area contributed by atoms with E-state index >= 15 is 0 Å². The first-order valence-electron chi connectivity index (χ1n) is 7.77. The lowest BCUT2D eigenvalue weighted by Gasteiger charge is -1.82. The minimum absolute atomic E-state index is 1.43. The summed E-state index contributed by atoms with van der Waals surface area (Å²) in [6.07, 6.45) is 0. The molecule has 0 fully saturated rings. The van der Waals surface area contributed by atoms with Crippen molar-refractivity contribution in [1.29, 1.82) is 5.26 Å². The molecule has 0 aliphatic carbocycles. The summed E-state index contributed by atoms with van der Waals surface area (Å²) >= 11 is 0. The number of hydrogen-bond acceptors (Lipinski definition) is 10. The van der Waals surface area contributed by atoms with E-state index in [0.717, 1.165) is 0 Å². The van der Waals surface area contributed by atoms with Gasteiger partial charge in [-0.15, -0.1) is 0 Å². The highest BCUT2D eigenvalue weighted by atomic mass is 31.2. The highest BCUT2D eigenvalue weighted by Gasteiger charge is 2.03. The van der Waals surface area contributed by atoms with Crippen LogP contribution >= 0.6 is 70.4 Å². The lowest BCUT2D eigenvalue weighted by molar-refractivity contribution is 0.272. The minimum atomic E-state index is -4.64. The fourth-order valence-electron chi connectivity index (χ4n) is 0. The van der Waals surface area contributed by atoms with Gasteiger partial charge in [-0.3, -0.25) is 0 Å². The molecule has 0 aromatic heterocycles. The second-order valence-corrected chi connectivity index (χ2v) is 14.1. The lowest BCUT2D eigenvalue weighted by Crippen LogP contribution is -1.66. The van der Waals surface area contributed by atoms with E-state index in [1.165, 1.54) is 6.92 Å². The van der Waals surface area contributed by atoms with Gasteiger partial charge >= 0.3 is 70.4 Å². The van der Waals surface area contributed by atoms with Crippen LogP contribution in [0.5, 0.6) is 0 Å². The van der Waals surface area contributed by atoms with Crippen LogP contribution < -0.4 is 0 Å². The molecule has 37 nitrogen and oxygen atoms in total. The van der Waals surface area contributed by atoms with Gasteiger partial charge in [-0.2, -0.15) is 5.26 Å². The maximum Gasteiger partial charge on any atom is 0.466 e. The molecule has 0 rings (SSSR count). The van der Waals surface area contributed by atoms with E-state index in [-0.39, 0.29) is 0 Å². The van der Waals surface area contributed by atoms with E-state index in [2.05, 4.69) is 0 Å². The smallest absolute Gasteiger partial charge is 0.303 e. The predicted molar refractivity (Wildman–Crippen MR) is 140 cm³/mol. The van der Waals surface area contributed by atoms with Gasteiger partial charge in [0.15, 0.2) is 0 Å². The molecule has 0 aliphatic rings. The zero-order valence-electron chi connectivity index (χ0n) is 21.7. The number of hydrogen-bond donors (Lipinski definition) is 27. The summed E-state index contributed by atoms with van der Waals surface area (Å²) in [6.45, 7) is 1.43. The molecule has 0 amide bonds. The van der Waals surface area contributed by atoms with E-state index in [1.54, 1.807) is 6.07 Å². The fraction of sp³-hybridized carbons (Fsp3) is 0.500. The fourth-order valence-corrected chi connectivity index (χ4v) is 0. The van der Waals surface area contributed by atoms with Crippen molar-refractivity contribution in [3.8, 4) is 6.07 Å². The van der Waals surface area contributed by atoms with E-state index in [1.807, 2.05) is 0 Å². The molecule has 0 aromatic carbocycles. The molecule has 0 atom stereocenters. The van der Waals surface area contributed by atoms with Gasteiger partial charge in [-0.25, -0.2) is 41.1 Å². The third-order valence-corrected chi connectivity index (χ3v) is 0. The number of phosphoric acid groups is 9. The first-order chi connectivity index (χ1) is 19.4. The van der Waals surface area contributed by atoms with Crippen LogP contribution in [0.4, 0.5) is 0 Å². The molecule has 304 valence electrons. The second-order valence-electron chi connectivity index (χ2n) is 4.84. The van der Waals surface area contributed by atoms with Crippen LogP contribution in [0, 0.1) is 11.3 Å². The first kappa shape index (κ1) is 73.8. The summed E-state index contributed by atoms with van der Waals surface area (Å²) < 4.78 is 79.9. The highest BCUT2D eigenvalue weighted by molar-refractivity contribution is 7.47. The van der Waals surface area contributed by atoms with Crippen molar-refractivity contribution >= 4 is 70.4 Å². The summed E-state index contributed by atoms with van der Waals surface area (Å²) in [7, 11) is -41.8. The van der Waals surface area contributed by atoms with Crippen molar-refractivity contribution in [1.82, 2.24) is 0 Å². The van der Waals surface area contributed by atoms with Crippen molar-refractivity contribution in [3.63, 3.8) is 0 Å². The third-order valence-electron chi connectivity index (χ3n) is 0. The molecular formula is C2H30NO36P9. The van der Waals surface area contributed by atoms with Gasteiger partial charge in [-0.05, 0) is 0 Å². The Hall–Kier alpha value is 0.480. The van der Waals surface area contributed by atoms with E-state index in [4.69, 9.17) is 178 Å². The van der Waals surface area contributed by atoms with Crippen LogP contribution in [0.2, 0.25) is 0 Å². The molecule has 0 aliphatic heterocycles. The molecule has 27 N–H and O–H groups in total. The molecule has 0 saturated heterocycles. The van der Waals surface area contributed by atoms with Crippen LogP contribution in [0.25, 0.3) is 0 Å². The molecule has 0 saturated carbocycles. The highest BCUT2D eigenvalue weighted by Crippen LogP contribution is 2.29. The maximum atomic E-state index is 8.88. The monoisotopic (exact) mass is 923 g/mol. The predicted octanol–water partition coefficient (Wildman–Crippen LogP) is -7.83. The first-order valence-corrected chi connectivity index (χ1v) is 21.9. The van der Waals surface area contributed by atoms with Gasteiger partial charge in [0.2, 0.25) is 0 Å². The molecule has 0 radical (unpaired) electrons. The van der Waals surface area contributed by atoms with Crippen molar-refractivity contribution in [3.05, 3.63) is 0 Å². The molecule has 0 spiro atoms. The third kappa shape index (κ3) is 417000. The van der Waals surface area contributed by atoms with Gasteiger partial charge in [0.25, 0.3) is 0 Å². The topological polar surface area (TPSA) is 724 Å². The normalized spacial score (nSPS) is 11.2. The Morgan fingerprint density at radius 1 is 0.250 bits per heavy atom. The Morgan fingerprint density at radius 2 is 0.250 bits per heavy atom. The van der Waals surface area contributed by atoms with Crippen LogP contribution in [-0.4, -0.2) is 132 Å².